The standard InChI is InChI=1S/BClFHO2/c2-5-1(3)4/h4H. The van der Waals surface area contributed by atoms with E-state index in [0.29, 0.717) is 0 Å². The molecule has 2 nitrogen and oxygen atoms in total. The van der Waals surface area contributed by atoms with Gasteiger partial charge in [0.25, 0.3) is 0 Å². The molecule has 0 aliphatic heterocycles. The molecule has 0 radical (unpaired) electrons. The fourth-order valence-electron chi connectivity index (χ4n) is 0. The van der Waals surface area contributed by atoms with Gasteiger partial charge in [0.15, 0.2) is 0 Å². The zero-order valence-electron chi connectivity index (χ0n) is 2.19. The Kier molecular flexibility index (Phi) is 2.54. The summed E-state index contributed by atoms with van der Waals surface area (Å²) in [6.07, 6.45) is 0. The first-order chi connectivity index (χ1) is 2.27. The van der Waals surface area contributed by atoms with Crippen LogP contribution in [0.5, 0.6) is 0 Å². The highest BCUT2D eigenvalue weighted by molar-refractivity contribution is 6.41. The van der Waals surface area contributed by atoms with Crippen molar-refractivity contribution in [1.82, 2.24) is 0 Å². The SMILES string of the molecule is OB(F)OCl. The van der Waals surface area contributed by atoms with Crippen molar-refractivity contribution in [3.05, 3.63) is 0 Å². The molecule has 0 saturated carbocycles. The van der Waals surface area contributed by atoms with Crippen molar-refractivity contribution in [2.45, 2.75) is 0 Å². The van der Waals surface area contributed by atoms with E-state index in [1.54, 1.807) is 0 Å². The molecule has 0 aromatic heterocycles. The van der Waals surface area contributed by atoms with Gasteiger partial charge < -0.3 is 5.02 Å². The van der Waals surface area contributed by atoms with Crippen molar-refractivity contribution in [1.29, 1.82) is 0 Å². The largest absolute Gasteiger partial charge is 0.694 e. The third-order valence-corrected chi connectivity index (χ3v) is 0.221. The lowest BCUT2D eigenvalue weighted by Crippen LogP contribution is -2.01. The van der Waals surface area contributed by atoms with Crippen LogP contribution in [0.25, 0.3) is 0 Å². The summed E-state index contributed by atoms with van der Waals surface area (Å²) >= 11 is 4.21. The van der Waals surface area contributed by atoms with Gasteiger partial charge in [-0.05, 0) is 0 Å². The quantitative estimate of drug-likeness (QED) is 0.471. The summed E-state index contributed by atoms with van der Waals surface area (Å²) in [4.78, 5) is 0. The summed E-state index contributed by atoms with van der Waals surface area (Å²) in [7, 11) is -2.35. The topological polar surface area (TPSA) is 29.5 Å². The molecule has 0 aromatic rings. The third-order valence-electron chi connectivity index (χ3n) is 0.0735. The zero-order valence-corrected chi connectivity index (χ0v) is 2.94. The first-order valence-corrected chi connectivity index (χ1v) is 1.18. The van der Waals surface area contributed by atoms with E-state index in [4.69, 9.17) is 5.02 Å². The molecule has 1 N–H and O–H groups in total. The van der Waals surface area contributed by atoms with Crippen LogP contribution in [0.15, 0.2) is 0 Å². The second-order valence-electron chi connectivity index (χ2n) is 0.381. The highest BCUT2D eigenvalue weighted by atomic mass is 35.5. The third kappa shape index (κ3) is 4.20. The molecule has 0 aromatic carbocycles. The maximum atomic E-state index is 10.6. The lowest BCUT2D eigenvalue weighted by atomic mass is 10.3. The summed E-state index contributed by atoms with van der Waals surface area (Å²) in [6.45, 7) is 0. The van der Waals surface area contributed by atoms with E-state index in [1.165, 1.54) is 0 Å². The Labute approximate surface area is 33.9 Å². The van der Waals surface area contributed by atoms with Gasteiger partial charge in [0.2, 0.25) is 0 Å². The van der Waals surface area contributed by atoms with Crippen molar-refractivity contribution < 1.29 is 13.5 Å². The maximum absolute atomic E-state index is 10.6. The molecule has 0 atom stereocenters. The average molecular weight is 98.3 g/mol. The lowest BCUT2D eigenvalue weighted by Gasteiger charge is -1.77. The second kappa shape index (κ2) is 2.44. The average Bonchev–Trinajstić information content (AvgIpc) is 1.38. The minimum absolute atomic E-state index is 2.35. The minimum atomic E-state index is -2.35. The Balaban J connectivity index is 2.54. The molecular formula is HBClFO2. The highest BCUT2D eigenvalue weighted by Crippen LogP contribution is 1.82. The molecule has 0 aliphatic rings. The van der Waals surface area contributed by atoms with Crippen molar-refractivity contribution in [3.8, 4) is 0 Å². The van der Waals surface area contributed by atoms with Crippen LogP contribution in [0, 0.1) is 0 Å². The molecule has 0 amide bonds. The molecule has 5 heteroatoms. The van der Waals surface area contributed by atoms with Crippen LogP contribution in [0.4, 0.5) is 4.32 Å². The number of hydrogen-bond acceptors (Lipinski definition) is 2. The van der Waals surface area contributed by atoms with Gasteiger partial charge in [0.1, 0.15) is 0 Å². The van der Waals surface area contributed by atoms with E-state index in [-0.39, 0.29) is 0 Å². The fourth-order valence-corrected chi connectivity index (χ4v) is 0. The Morgan fingerprint density at radius 2 is 2.20 bits per heavy atom. The predicted octanol–water partition coefficient (Wildman–Crippen LogP) is 0.103. The molecule has 0 aliphatic carbocycles. The van der Waals surface area contributed by atoms with E-state index in [2.05, 4.69) is 16.1 Å². The Bertz CT molecular complexity index is 23.6. The zero-order chi connectivity index (χ0) is 4.28. The van der Waals surface area contributed by atoms with E-state index in [0.717, 1.165) is 0 Å². The van der Waals surface area contributed by atoms with Crippen LogP contribution in [0.2, 0.25) is 0 Å². The van der Waals surface area contributed by atoms with Gasteiger partial charge in [0.05, 0.1) is 0 Å². The molecule has 0 heterocycles. The van der Waals surface area contributed by atoms with E-state index in [1.807, 2.05) is 0 Å². The minimum Gasteiger partial charge on any atom is -0.397 e. The van der Waals surface area contributed by atoms with E-state index >= 15 is 0 Å². The normalized spacial score (nSPS) is 7.80. The van der Waals surface area contributed by atoms with Crippen LogP contribution in [-0.2, 0) is 4.21 Å². The number of rotatable bonds is 1. The number of halogens is 2. The van der Waals surface area contributed by atoms with E-state index in [9.17, 15) is 4.32 Å². The fraction of sp³-hybridized carbons (Fsp3) is 0. The van der Waals surface area contributed by atoms with Crippen LogP contribution < -0.4 is 0 Å². The van der Waals surface area contributed by atoms with Gasteiger partial charge >= 0.3 is 7.40 Å². The summed E-state index contributed by atoms with van der Waals surface area (Å²) in [5.74, 6) is 0. The van der Waals surface area contributed by atoms with Gasteiger partial charge in [-0.15, -0.1) is 0 Å². The van der Waals surface area contributed by atoms with Crippen LogP contribution in [0.3, 0.4) is 0 Å². The van der Waals surface area contributed by atoms with Gasteiger partial charge in [-0.2, -0.15) is 0 Å². The van der Waals surface area contributed by atoms with Gasteiger partial charge in [0, 0.05) is 11.9 Å². The Morgan fingerprint density at radius 1 is 2.00 bits per heavy atom. The maximum Gasteiger partial charge on any atom is 0.694 e. The molecule has 0 saturated heterocycles. The van der Waals surface area contributed by atoms with Crippen molar-refractivity contribution in [2.24, 2.45) is 0 Å². The van der Waals surface area contributed by atoms with Crippen LogP contribution >= 0.6 is 11.9 Å². The molecule has 5 heavy (non-hydrogen) atoms. The first kappa shape index (κ1) is 5.20. The van der Waals surface area contributed by atoms with Crippen molar-refractivity contribution in [3.63, 3.8) is 0 Å². The summed E-state index contributed by atoms with van der Waals surface area (Å²) < 4.78 is 13.7. The van der Waals surface area contributed by atoms with E-state index < -0.39 is 7.40 Å². The molecule has 0 bridgehead atoms. The summed E-state index contributed by atoms with van der Waals surface area (Å²) in [5, 5.41) is 7.34. The molecule has 0 rings (SSSR count). The Hall–Kier alpha value is 0.205. The number of hydrogen-bond donors (Lipinski definition) is 1. The van der Waals surface area contributed by atoms with Crippen LogP contribution in [-0.4, -0.2) is 12.4 Å². The molecule has 30 valence electrons. The summed E-state index contributed by atoms with van der Waals surface area (Å²) in [5.41, 5.74) is 0. The van der Waals surface area contributed by atoms with Crippen molar-refractivity contribution in [2.75, 3.05) is 0 Å². The van der Waals surface area contributed by atoms with Gasteiger partial charge in [-0.1, -0.05) is 0 Å². The smallest absolute Gasteiger partial charge is 0.397 e. The lowest BCUT2D eigenvalue weighted by molar-refractivity contribution is 0.367. The summed E-state index contributed by atoms with van der Waals surface area (Å²) in [6, 6.07) is 0. The molecule has 0 spiro atoms. The molecular weight excluding hydrogens is 97.3 g/mol. The highest BCUT2D eigenvalue weighted by Gasteiger charge is 2.07. The second-order valence-corrected chi connectivity index (χ2v) is 0.559. The first-order valence-electron chi connectivity index (χ1n) is 0.866. The Morgan fingerprint density at radius 3 is 2.20 bits per heavy atom. The van der Waals surface area contributed by atoms with Gasteiger partial charge in [-0.3, -0.25) is 8.52 Å². The van der Waals surface area contributed by atoms with Crippen molar-refractivity contribution >= 4 is 19.3 Å². The monoisotopic (exact) mass is 98.0 g/mol. The van der Waals surface area contributed by atoms with Crippen LogP contribution in [0.1, 0.15) is 0 Å². The predicted molar refractivity (Wildman–Crippen MR) is 16.0 cm³/mol. The van der Waals surface area contributed by atoms with Gasteiger partial charge in [-0.25, -0.2) is 0 Å². The molecule has 0 fully saturated rings. The molecule has 0 unspecified atom stereocenters.